The fourth-order valence-corrected chi connectivity index (χ4v) is 1.68. The predicted molar refractivity (Wildman–Crippen MR) is 57.2 cm³/mol. The molecule has 1 rings (SSSR count). The molecule has 3 nitrogen and oxygen atoms in total. The maximum Gasteiger partial charge on any atom is 0.188 e. The molecule has 0 N–H and O–H groups in total. The number of methoxy groups -OCH3 is 2. The molecular weight excluding hydrogens is 219 g/mol. The third-order valence-electron chi connectivity index (χ3n) is 1.75. The van der Waals surface area contributed by atoms with Gasteiger partial charge in [-0.3, -0.25) is 0 Å². The van der Waals surface area contributed by atoms with Crippen molar-refractivity contribution in [2.24, 2.45) is 0 Å². The average Bonchev–Trinajstić information content (AvgIpc) is 2.26. The molecule has 5 heteroatoms. The van der Waals surface area contributed by atoms with Crippen LogP contribution in [0.15, 0.2) is 17.0 Å². The van der Waals surface area contributed by atoms with E-state index in [4.69, 9.17) is 14.2 Å². The molecular formula is C10H13FO3S. The lowest BCUT2D eigenvalue weighted by molar-refractivity contribution is 0.0470. The molecule has 0 saturated carbocycles. The largest absolute Gasteiger partial charge is 0.493 e. The molecule has 0 heterocycles. The summed E-state index contributed by atoms with van der Waals surface area (Å²) < 4.78 is 28.3. The summed E-state index contributed by atoms with van der Waals surface area (Å²) in [5.41, 5.74) is 0. The number of benzene rings is 1. The highest BCUT2D eigenvalue weighted by atomic mass is 32.2. The zero-order valence-corrected chi connectivity index (χ0v) is 9.69. The molecule has 0 aliphatic heterocycles. The Balaban J connectivity index is 3.06. The van der Waals surface area contributed by atoms with Crippen molar-refractivity contribution < 1.29 is 18.6 Å². The van der Waals surface area contributed by atoms with Crippen LogP contribution in [0.25, 0.3) is 0 Å². The van der Waals surface area contributed by atoms with Crippen LogP contribution >= 0.6 is 11.8 Å². The number of rotatable bonds is 5. The van der Waals surface area contributed by atoms with Gasteiger partial charge in [0.15, 0.2) is 18.3 Å². The summed E-state index contributed by atoms with van der Waals surface area (Å²) in [6.45, 7) is 0.107. The van der Waals surface area contributed by atoms with E-state index in [0.29, 0.717) is 16.4 Å². The van der Waals surface area contributed by atoms with E-state index in [0.717, 1.165) is 0 Å². The summed E-state index contributed by atoms with van der Waals surface area (Å²) in [4.78, 5) is 0.684. The van der Waals surface area contributed by atoms with Gasteiger partial charge in [-0.15, -0.1) is 11.8 Å². The number of halogens is 1. The van der Waals surface area contributed by atoms with E-state index < -0.39 is 0 Å². The Hall–Kier alpha value is -0.940. The normalized spacial score (nSPS) is 10.1. The minimum atomic E-state index is -0.346. The van der Waals surface area contributed by atoms with E-state index in [1.807, 2.05) is 6.26 Å². The lowest BCUT2D eigenvalue weighted by Crippen LogP contribution is -2.02. The van der Waals surface area contributed by atoms with Crippen LogP contribution in [0.3, 0.4) is 0 Å². The van der Waals surface area contributed by atoms with Crippen LogP contribution in [0.1, 0.15) is 0 Å². The Labute approximate surface area is 92.5 Å². The van der Waals surface area contributed by atoms with Gasteiger partial charge < -0.3 is 14.2 Å². The molecule has 1 aromatic carbocycles. The average molecular weight is 232 g/mol. The van der Waals surface area contributed by atoms with Gasteiger partial charge in [0.2, 0.25) is 0 Å². The van der Waals surface area contributed by atoms with Crippen LogP contribution in [0.4, 0.5) is 4.39 Å². The molecule has 0 aliphatic rings. The highest BCUT2D eigenvalue weighted by Gasteiger charge is 2.12. The van der Waals surface area contributed by atoms with Crippen molar-refractivity contribution in [1.82, 2.24) is 0 Å². The molecule has 0 amide bonds. The van der Waals surface area contributed by atoms with Crippen molar-refractivity contribution in [2.75, 3.05) is 27.3 Å². The van der Waals surface area contributed by atoms with Crippen LogP contribution in [-0.4, -0.2) is 27.3 Å². The Morgan fingerprint density at radius 1 is 1.33 bits per heavy atom. The zero-order valence-electron chi connectivity index (χ0n) is 8.87. The molecule has 0 fully saturated rings. The van der Waals surface area contributed by atoms with E-state index in [-0.39, 0.29) is 12.6 Å². The van der Waals surface area contributed by atoms with Gasteiger partial charge in [-0.05, 0) is 12.3 Å². The third kappa shape index (κ3) is 3.00. The van der Waals surface area contributed by atoms with Gasteiger partial charge in [0.05, 0.1) is 12.0 Å². The topological polar surface area (TPSA) is 27.7 Å². The number of hydrogen-bond donors (Lipinski definition) is 0. The summed E-state index contributed by atoms with van der Waals surface area (Å²) in [6, 6.07) is 2.68. The van der Waals surface area contributed by atoms with Crippen molar-refractivity contribution in [3.63, 3.8) is 0 Å². The van der Waals surface area contributed by atoms with Gasteiger partial charge in [-0.1, -0.05) is 0 Å². The smallest absolute Gasteiger partial charge is 0.188 e. The third-order valence-corrected chi connectivity index (χ3v) is 2.49. The van der Waals surface area contributed by atoms with Crippen LogP contribution in [-0.2, 0) is 4.74 Å². The first-order chi connectivity index (χ1) is 7.22. The fraction of sp³-hybridized carbons (Fsp3) is 0.400. The Bertz CT molecular complexity index is 305. The van der Waals surface area contributed by atoms with Crippen molar-refractivity contribution in [2.45, 2.75) is 4.90 Å². The summed E-state index contributed by atoms with van der Waals surface area (Å²) in [7, 11) is 2.99. The minimum absolute atomic E-state index is 0.107. The number of hydrogen-bond acceptors (Lipinski definition) is 4. The standard InChI is InChI=1S/C10H13FO3S/c1-12-6-14-10-8(13-2)4-7(11)5-9(10)15-3/h4-5H,6H2,1-3H3. The van der Waals surface area contributed by atoms with Crippen LogP contribution < -0.4 is 9.47 Å². The summed E-state index contributed by atoms with van der Waals surface area (Å²) >= 11 is 1.39. The summed E-state index contributed by atoms with van der Waals surface area (Å²) in [5, 5.41) is 0. The first-order valence-corrected chi connectivity index (χ1v) is 5.48. The Morgan fingerprint density at radius 3 is 2.60 bits per heavy atom. The van der Waals surface area contributed by atoms with Crippen LogP contribution in [0, 0.1) is 5.82 Å². The molecule has 1 aromatic rings. The predicted octanol–water partition coefficient (Wildman–Crippen LogP) is 2.54. The van der Waals surface area contributed by atoms with E-state index in [1.54, 1.807) is 0 Å². The summed E-state index contributed by atoms with van der Waals surface area (Å²) in [6.07, 6.45) is 1.84. The molecule has 0 radical (unpaired) electrons. The molecule has 0 aromatic heterocycles. The van der Waals surface area contributed by atoms with Crippen molar-refractivity contribution >= 4 is 11.8 Å². The monoisotopic (exact) mass is 232 g/mol. The van der Waals surface area contributed by atoms with Crippen molar-refractivity contribution in [3.05, 3.63) is 17.9 Å². The highest BCUT2D eigenvalue weighted by molar-refractivity contribution is 7.98. The van der Waals surface area contributed by atoms with Gasteiger partial charge in [-0.25, -0.2) is 4.39 Å². The highest BCUT2D eigenvalue weighted by Crippen LogP contribution is 2.37. The van der Waals surface area contributed by atoms with Crippen LogP contribution in [0.2, 0.25) is 0 Å². The van der Waals surface area contributed by atoms with E-state index in [2.05, 4.69) is 0 Å². The van der Waals surface area contributed by atoms with E-state index in [9.17, 15) is 4.39 Å². The van der Waals surface area contributed by atoms with E-state index >= 15 is 0 Å². The molecule has 84 valence electrons. The fourth-order valence-electron chi connectivity index (χ4n) is 1.11. The van der Waals surface area contributed by atoms with Gasteiger partial charge in [0, 0.05) is 13.2 Å². The second-order valence-electron chi connectivity index (χ2n) is 2.69. The number of thioether (sulfide) groups is 1. The maximum absolute atomic E-state index is 13.1. The first-order valence-electron chi connectivity index (χ1n) is 4.26. The zero-order chi connectivity index (χ0) is 11.3. The molecule has 0 unspecified atom stereocenters. The molecule has 15 heavy (non-hydrogen) atoms. The second-order valence-corrected chi connectivity index (χ2v) is 3.54. The molecule has 0 saturated heterocycles. The SMILES string of the molecule is COCOc1c(OC)cc(F)cc1SC. The van der Waals surface area contributed by atoms with Gasteiger partial charge in [0.25, 0.3) is 0 Å². The lowest BCUT2D eigenvalue weighted by Gasteiger charge is -2.13. The molecule has 0 bridgehead atoms. The van der Waals surface area contributed by atoms with Gasteiger partial charge in [0.1, 0.15) is 5.82 Å². The minimum Gasteiger partial charge on any atom is -0.493 e. The second kappa shape index (κ2) is 5.82. The van der Waals surface area contributed by atoms with Gasteiger partial charge in [-0.2, -0.15) is 0 Å². The Kier molecular flexibility index (Phi) is 4.71. The maximum atomic E-state index is 13.1. The molecule has 0 aliphatic carbocycles. The number of ether oxygens (including phenoxy) is 3. The summed E-state index contributed by atoms with van der Waals surface area (Å²) in [5.74, 6) is 0.533. The Morgan fingerprint density at radius 2 is 2.07 bits per heavy atom. The molecule has 0 atom stereocenters. The van der Waals surface area contributed by atoms with Gasteiger partial charge >= 0.3 is 0 Å². The first kappa shape index (κ1) is 12.1. The van der Waals surface area contributed by atoms with Crippen LogP contribution in [0.5, 0.6) is 11.5 Å². The van der Waals surface area contributed by atoms with E-state index in [1.165, 1.54) is 38.1 Å². The lowest BCUT2D eigenvalue weighted by atomic mass is 10.3. The molecule has 0 spiro atoms. The van der Waals surface area contributed by atoms with Crippen molar-refractivity contribution in [1.29, 1.82) is 0 Å². The quantitative estimate of drug-likeness (QED) is 0.576. The van der Waals surface area contributed by atoms with Crippen molar-refractivity contribution in [3.8, 4) is 11.5 Å².